The van der Waals surface area contributed by atoms with Crippen LogP contribution in [0.25, 0.3) is 0 Å². The van der Waals surface area contributed by atoms with Crippen molar-refractivity contribution in [1.29, 1.82) is 0 Å². The molecule has 1 atom stereocenters. The lowest BCUT2D eigenvalue weighted by molar-refractivity contribution is -0.126. The number of hydrogen-bond acceptors (Lipinski definition) is 3. The molecule has 0 aliphatic heterocycles. The lowest BCUT2D eigenvalue weighted by atomic mass is 10.2. The fourth-order valence-electron chi connectivity index (χ4n) is 1.46. The molecule has 0 aromatic heterocycles. The molecule has 21 heavy (non-hydrogen) atoms. The van der Waals surface area contributed by atoms with Gasteiger partial charge in [0.2, 0.25) is 0 Å². The van der Waals surface area contributed by atoms with Gasteiger partial charge in [0, 0.05) is 12.1 Å². The van der Waals surface area contributed by atoms with Crippen molar-refractivity contribution in [1.82, 2.24) is 5.32 Å². The van der Waals surface area contributed by atoms with E-state index in [1.165, 1.54) is 18.2 Å². The van der Waals surface area contributed by atoms with Gasteiger partial charge in [-0.15, -0.1) is 0 Å². The minimum absolute atomic E-state index is 0.0864. The van der Waals surface area contributed by atoms with Crippen LogP contribution in [0.3, 0.4) is 0 Å². The Morgan fingerprint density at radius 2 is 1.90 bits per heavy atom. The summed E-state index contributed by atoms with van der Waals surface area (Å²) in [5, 5.41) is 11.5. The highest BCUT2D eigenvalue weighted by Crippen LogP contribution is 2.21. The normalized spacial score (nSPS) is 13.7. The highest BCUT2D eigenvalue weighted by Gasteiger charge is 2.40. The molecule has 2 N–H and O–H groups in total. The van der Waals surface area contributed by atoms with Gasteiger partial charge in [-0.25, -0.2) is 13.2 Å². The van der Waals surface area contributed by atoms with Gasteiger partial charge in [-0.1, -0.05) is 18.2 Å². The average molecular weight is 313 g/mol. The van der Waals surface area contributed by atoms with Crippen LogP contribution < -0.4 is 5.32 Å². The predicted octanol–water partition coefficient (Wildman–Crippen LogP) is 2.19. The van der Waals surface area contributed by atoms with Gasteiger partial charge in [-0.05, 0) is 6.07 Å². The zero-order valence-electron chi connectivity index (χ0n) is 11.0. The number of rotatable bonds is 9. The number of ether oxygens (including phenoxy) is 1. The Balaban J connectivity index is 2.20. The summed E-state index contributed by atoms with van der Waals surface area (Å²) in [5.74, 6) is -4.60. The number of benzene rings is 1. The summed E-state index contributed by atoms with van der Waals surface area (Å²) in [6, 6.07) is 5.89. The summed E-state index contributed by atoms with van der Waals surface area (Å²) < 4.78 is 67.0. The molecule has 0 aliphatic carbocycles. The minimum atomic E-state index is -4.15. The third kappa shape index (κ3) is 6.36. The third-order valence-electron chi connectivity index (χ3n) is 2.59. The molecule has 1 aromatic carbocycles. The van der Waals surface area contributed by atoms with Gasteiger partial charge in [0.1, 0.15) is 5.82 Å². The molecule has 0 bridgehead atoms. The molecule has 0 radical (unpaired) electrons. The summed E-state index contributed by atoms with van der Waals surface area (Å²) >= 11 is 0. The lowest BCUT2D eigenvalue weighted by Crippen LogP contribution is -2.42. The average Bonchev–Trinajstić information content (AvgIpc) is 2.40. The second-order valence-electron chi connectivity index (χ2n) is 4.45. The molecule has 1 unspecified atom stereocenters. The maximum atomic E-state index is 13.2. The van der Waals surface area contributed by atoms with Crippen LogP contribution in [-0.4, -0.2) is 43.3 Å². The van der Waals surface area contributed by atoms with Crippen molar-refractivity contribution >= 4 is 0 Å². The molecule has 0 fully saturated rings. The van der Waals surface area contributed by atoms with Gasteiger partial charge in [-0.2, -0.15) is 8.78 Å². The van der Waals surface area contributed by atoms with Gasteiger partial charge in [0.25, 0.3) is 0 Å². The third-order valence-corrected chi connectivity index (χ3v) is 2.59. The van der Waals surface area contributed by atoms with Crippen LogP contribution in [0.1, 0.15) is 5.56 Å². The molecule has 120 valence electrons. The number of hydrogen-bond donors (Lipinski definition) is 2. The largest absolute Gasteiger partial charge is 0.389 e. The van der Waals surface area contributed by atoms with Crippen molar-refractivity contribution in [2.24, 2.45) is 0 Å². The Morgan fingerprint density at radius 1 is 1.24 bits per heavy atom. The fourth-order valence-corrected chi connectivity index (χ4v) is 1.46. The molecule has 0 saturated carbocycles. The molecule has 1 aromatic rings. The van der Waals surface area contributed by atoms with E-state index >= 15 is 0 Å². The molecule has 0 aliphatic rings. The van der Waals surface area contributed by atoms with E-state index in [2.05, 4.69) is 0 Å². The van der Waals surface area contributed by atoms with Gasteiger partial charge in [0.15, 0.2) is 0 Å². The molecule has 0 amide bonds. The SMILES string of the molecule is OC(CNCC(F)(F)C(F)F)COCc1ccccc1F. The van der Waals surface area contributed by atoms with E-state index in [1.807, 2.05) is 5.32 Å². The van der Waals surface area contributed by atoms with Crippen molar-refractivity contribution < 1.29 is 31.8 Å². The van der Waals surface area contributed by atoms with Gasteiger partial charge >= 0.3 is 12.3 Å². The van der Waals surface area contributed by atoms with E-state index in [0.29, 0.717) is 5.56 Å². The van der Waals surface area contributed by atoms with Gasteiger partial charge in [0.05, 0.1) is 25.9 Å². The highest BCUT2D eigenvalue weighted by molar-refractivity contribution is 5.16. The maximum Gasteiger partial charge on any atom is 0.319 e. The molecule has 0 heterocycles. The Labute approximate surface area is 118 Å². The molecular weight excluding hydrogens is 297 g/mol. The van der Waals surface area contributed by atoms with E-state index < -0.39 is 30.8 Å². The van der Waals surface area contributed by atoms with E-state index in [1.54, 1.807) is 6.07 Å². The summed E-state index contributed by atoms with van der Waals surface area (Å²) in [5.41, 5.74) is 0.293. The van der Waals surface area contributed by atoms with Crippen LogP contribution in [0, 0.1) is 5.82 Å². The summed E-state index contributed by atoms with van der Waals surface area (Å²) in [6.07, 6.45) is -4.93. The minimum Gasteiger partial charge on any atom is -0.389 e. The molecular formula is C13H16F5NO2. The topological polar surface area (TPSA) is 41.5 Å². The number of aliphatic hydroxyl groups excluding tert-OH is 1. The second-order valence-corrected chi connectivity index (χ2v) is 4.45. The number of nitrogens with one attached hydrogen (secondary N) is 1. The molecule has 0 spiro atoms. The van der Waals surface area contributed by atoms with Crippen LogP contribution in [0.5, 0.6) is 0 Å². The first-order chi connectivity index (χ1) is 9.83. The first-order valence-electron chi connectivity index (χ1n) is 6.19. The van der Waals surface area contributed by atoms with E-state index in [0.717, 1.165) is 0 Å². The van der Waals surface area contributed by atoms with Crippen LogP contribution in [0.15, 0.2) is 24.3 Å². The quantitative estimate of drug-likeness (QED) is 0.687. The van der Waals surface area contributed by atoms with Crippen LogP contribution in [-0.2, 0) is 11.3 Å². The first kappa shape index (κ1) is 17.8. The lowest BCUT2D eigenvalue weighted by Gasteiger charge is -2.17. The van der Waals surface area contributed by atoms with Crippen LogP contribution >= 0.6 is 0 Å². The number of alkyl halides is 4. The smallest absolute Gasteiger partial charge is 0.319 e. The highest BCUT2D eigenvalue weighted by atomic mass is 19.3. The molecule has 1 rings (SSSR count). The van der Waals surface area contributed by atoms with Crippen molar-refractivity contribution in [3.05, 3.63) is 35.6 Å². The standard InChI is InChI=1S/C13H16F5NO2/c14-11-4-2-1-3-9(11)6-21-7-10(20)5-19-8-13(17,18)12(15)16/h1-4,10,12,19-20H,5-8H2. The van der Waals surface area contributed by atoms with Crippen molar-refractivity contribution in [2.45, 2.75) is 25.1 Å². The Hall–Kier alpha value is -1.25. The van der Waals surface area contributed by atoms with Crippen molar-refractivity contribution in [3.8, 4) is 0 Å². The maximum absolute atomic E-state index is 13.2. The van der Waals surface area contributed by atoms with Gasteiger partial charge in [-0.3, -0.25) is 0 Å². The van der Waals surface area contributed by atoms with Gasteiger partial charge < -0.3 is 15.2 Å². The van der Waals surface area contributed by atoms with Crippen molar-refractivity contribution in [3.63, 3.8) is 0 Å². The van der Waals surface area contributed by atoms with Crippen molar-refractivity contribution in [2.75, 3.05) is 19.7 Å². The Kier molecular flexibility index (Phi) is 7.00. The Morgan fingerprint density at radius 3 is 2.52 bits per heavy atom. The van der Waals surface area contributed by atoms with E-state index in [9.17, 15) is 27.1 Å². The van der Waals surface area contributed by atoms with Crippen LogP contribution in [0.4, 0.5) is 22.0 Å². The zero-order chi connectivity index (χ0) is 15.9. The molecule has 8 heteroatoms. The fraction of sp³-hybridized carbons (Fsp3) is 0.538. The number of halogens is 5. The predicted molar refractivity (Wildman–Crippen MR) is 65.9 cm³/mol. The van der Waals surface area contributed by atoms with E-state index in [4.69, 9.17) is 4.74 Å². The zero-order valence-corrected chi connectivity index (χ0v) is 11.0. The summed E-state index contributed by atoms with van der Waals surface area (Å²) in [6.45, 7) is -1.90. The second kappa shape index (κ2) is 8.26. The summed E-state index contributed by atoms with van der Waals surface area (Å²) in [4.78, 5) is 0. The van der Waals surface area contributed by atoms with E-state index in [-0.39, 0.29) is 19.8 Å². The Bertz CT molecular complexity index is 431. The first-order valence-corrected chi connectivity index (χ1v) is 6.19. The van der Waals surface area contributed by atoms with Crippen LogP contribution in [0.2, 0.25) is 0 Å². The molecule has 3 nitrogen and oxygen atoms in total. The molecule has 0 saturated heterocycles. The monoisotopic (exact) mass is 313 g/mol. The summed E-state index contributed by atoms with van der Waals surface area (Å²) in [7, 11) is 0. The number of aliphatic hydroxyl groups is 1.